The summed E-state index contributed by atoms with van der Waals surface area (Å²) in [5.74, 6) is 1.45. The molecule has 0 aromatic heterocycles. The second kappa shape index (κ2) is 7.53. The van der Waals surface area contributed by atoms with Crippen molar-refractivity contribution in [2.24, 2.45) is 0 Å². The van der Waals surface area contributed by atoms with Crippen LogP contribution in [0.4, 0.5) is 0 Å². The van der Waals surface area contributed by atoms with Crippen molar-refractivity contribution in [3.63, 3.8) is 0 Å². The Morgan fingerprint density at radius 1 is 1.00 bits per heavy atom. The predicted molar refractivity (Wildman–Crippen MR) is 74.7 cm³/mol. The lowest BCUT2D eigenvalue weighted by Gasteiger charge is -2.15. The van der Waals surface area contributed by atoms with Crippen LogP contribution in [0, 0.1) is 0 Å². The van der Waals surface area contributed by atoms with Crippen LogP contribution in [-0.4, -0.2) is 32.9 Å². The molecule has 0 aliphatic rings. The van der Waals surface area contributed by atoms with Crippen molar-refractivity contribution >= 4 is 11.6 Å². The highest BCUT2D eigenvalue weighted by Crippen LogP contribution is 2.40. The van der Waals surface area contributed by atoms with Crippen molar-refractivity contribution in [1.82, 2.24) is 0 Å². The van der Waals surface area contributed by atoms with Crippen LogP contribution in [0.3, 0.4) is 0 Å². The first-order chi connectivity index (χ1) is 9.53. The van der Waals surface area contributed by atoms with Gasteiger partial charge in [-0.3, -0.25) is 9.59 Å². The molecule has 0 saturated heterocycles. The highest BCUT2D eigenvalue weighted by Gasteiger charge is 2.16. The topological polar surface area (TPSA) is 61.8 Å². The fourth-order valence-electron chi connectivity index (χ4n) is 2.00. The molecule has 0 atom stereocenters. The quantitative estimate of drug-likeness (QED) is 0.683. The maximum atomic E-state index is 11.6. The fourth-order valence-corrected chi connectivity index (χ4v) is 2.00. The number of ether oxygens (including phenoxy) is 3. The number of carbonyl (C=O) groups is 2. The number of rotatable bonds is 8. The van der Waals surface area contributed by atoms with Crippen molar-refractivity contribution in [3.8, 4) is 17.2 Å². The number of aryl methyl sites for hydroxylation is 1. The number of ketones is 2. The van der Waals surface area contributed by atoms with E-state index in [2.05, 4.69) is 0 Å². The summed E-state index contributed by atoms with van der Waals surface area (Å²) < 4.78 is 15.8. The van der Waals surface area contributed by atoms with Crippen molar-refractivity contribution in [3.05, 3.63) is 17.7 Å². The molecular weight excluding hydrogens is 260 g/mol. The van der Waals surface area contributed by atoms with Crippen LogP contribution in [0.2, 0.25) is 0 Å². The first-order valence-electron chi connectivity index (χ1n) is 6.32. The van der Waals surface area contributed by atoms with E-state index in [4.69, 9.17) is 14.2 Å². The van der Waals surface area contributed by atoms with Gasteiger partial charge in [-0.2, -0.15) is 0 Å². The van der Waals surface area contributed by atoms with Gasteiger partial charge < -0.3 is 14.2 Å². The molecular formula is C15H20O5. The summed E-state index contributed by atoms with van der Waals surface area (Å²) in [5.41, 5.74) is 0.849. The second-order valence-electron chi connectivity index (χ2n) is 4.41. The summed E-state index contributed by atoms with van der Waals surface area (Å²) >= 11 is 0. The normalized spacial score (nSPS) is 10.0. The van der Waals surface area contributed by atoms with E-state index in [9.17, 15) is 9.59 Å². The molecule has 0 heterocycles. The summed E-state index contributed by atoms with van der Waals surface area (Å²) in [4.78, 5) is 22.5. The Morgan fingerprint density at radius 3 is 2.15 bits per heavy atom. The second-order valence-corrected chi connectivity index (χ2v) is 4.41. The average Bonchev–Trinajstić information content (AvgIpc) is 2.42. The number of Topliss-reactive ketones (excluding diaryl/α,β-unsaturated/α-hetero) is 2. The molecule has 0 radical (unpaired) electrons. The standard InChI is InChI=1S/C15H20O5/c1-10(16)9-12(17)7-5-11-6-8-13(18-2)15(20-4)14(11)19-3/h6,8H,5,7,9H2,1-4H3. The van der Waals surface area contributed by atoms with Crippen molar-refractivity contribution in [2.45, 2.75) is 26.2 Å². The lowest BCUT2D eigenvalue weighted by molar-refractivity contribution is -0.125. The molecule has 1 aromatic rings. The van der Waals surface area contributed by atoms with Gasteiger partial charge in [0.15, 0.2) is 11.5 Å². The van der Waals surface area contributed by atoms with Gasteiger partial charge in [-0.1, -0.05) is 6.07 Å². The molecule has 110 valence electrons. The first-order valence-corrected chi connectivity index (χ1v) is 6.32. The zero-order chi connectivity index (χ0) is 15.1. The van der Waals surface area contributed by atoms with Gasteiger partial charge >= 0.3 is 0 Å². The third-order valence-electron chi connectivity index (χ3n) is 2.91. The van der Waals surface area contributed by atoms with Crippen molar-refractivity contribution in [2.75, 3.05) is 21.3 Å². The van der Waals surface area contributed by atoms with E-state index in [1.165, 1.54) is 21.1 Å². The molecule has 5 heteroatoms. The number of hydrogen-bond donors (Lipinski definition) is 0. The largest absolute Gasteiger partial charge is 0.493 e. The average molecular weight is 280 g/mol. The fraction of sp³-hybridized carbons (Fsp3) is 0.467. The molecule has 0 amide bonds. The maximum Gasteiger partial charge on any atom is 0.203 e. The van der Waals surface area contributed by atoms with Gasteiger partial charge in [0.05, 0.1) is 27.8 Å². The van der Waals surface area contributed by atoms with Gasteiger partial charge in [0.25, 0.3) is 0 Å². The molecule has 0 N–H and O–H groups in total. The van der Waals surface area contributed by atoms with Crippen LogP contribution in [0.1, 0.15) is 25.3 Å². The molecule has 1 rings (SSSR count). The molecule has 0 fully saturated rings. The highest BCUT2D eigenvalue weighted by atomic mass is 16.5. The molecule has 1 aromatic carbocycles. The van der Waals surface area contributed by atoms with E-state index < -0.39 is 0 Å². The Hall–Kier alpha value is -2.04. The summed E-state index contributed by atoms with van der Waals surface area (Å²) in [7, 11) is 4.62. The van der Waals surface area contributed by atoms with Crippen LogP contribution in [0.25, 0.3) is 0 Å². The minimum atomic E-state index is -0.116. The molecule has 0 saturated carbocycles. The van der Waals surface area contributed by atoms with Gasteiger partial charge in [0, 0.05) is 6.42 Å². The minimum absolute atomic E-state index is 0.0182. The first kappa shape index (κ1) is 16.0. The minimum Gasteiger partial charge on any atom is -0.493 e. The van der Waals surface area contributed by atoms with E-state index in [1.807, 2.05) is 6.07 Å². The van der Waals surface area contributed by atoms with Crippen molar-refractivity contribution < 1.29 is 23.8 Å². The molecule has 5 nitrogen and oxygen atoms in total. The zero-order valence-corrected chi connectivity index (χ0v) is 12.3. The Morgan fingerprint density at radius 2 is 1.65 bits per heavy atom. The van der Waals surface area contributed by atoms with Crippen LogP contribution in [0.5, 0.6) is 17.2 Å². The Kier molecular flexibility index (Phi) is 6.03. The van der Waals surface area contributed by atoms with Crippen LogP contribution in [0.15, 0.2) is 12.1 Å². The molecule has 0 spiro atoms. The maximum absolute atomic E-state index is 11.6. The van der Waals surface area contributed by atoms with Crippen LogP contribution >= 0.6 is 0 Å². The van der Waals surface area contributed by atoms with E-state index in [0.29, 0.717) is 30.1 Å². The SMILES string of the molecule is COc1ccc(CCC(=O)CC(C)=O)c(OC)c1OC. The summed E-state index contributed by atoms with van der Waals surface area (Å²) in [6.45, 7) is 1.41. The lowest BCUT2D eigenvalue weighted by Crippen LogP contribution is -2.06. The molecule has 0 aliphatic heterocycles. The molecule has 0 unspecified atom stereocenters. The van der Waals surface area contributed by atoms with E-state index in [1.54, 1.807) is 13.2 Å². The van der Waals surface area contributed by atoms with Crippen LogP contribution < -0.4 is 14.2 Å². The Bertz CT molecular complexity index is 493. The lowest BCUT2D eigenvalue weighted by atomic mass is 10.0. The zero-order valence-electron chi connectivity index (χ0n) is 12.3. The molecule has 20 heavy (non-hydrogen) atoms. The van der Waals surface area contributed by atoms with Gasteiger partial charge in [-0.15, -0.1) is 0 Å². The summed E-state index contributed by atoms with van der Waals surface area (Å²) in [6, 6.07) is 3.60. The predicted octanol–water partition coefficient (Wildman–Crippen LogP) is 2.19. The number of benzene rings is 1. The van der Waals surface area contributed by atoms with Gasteiger partial charge in [-0.05, 0) is 25.0 Å². The van der Waals surface area contributed by atoms with Gasteiger partial charge in [-0.25, -0.2) is 0 Å². The number of methoxy groups -OCH3 is 3. The number of hydrogen-bond acceptors (Lipinski definition) is 5. The van der Waals surface area contributed by atoms with Gasteiger partial charge in [0.1, 0.15) is 11.6 Å². The molecule has 0 aliphatic carbocycles. The van der Waals surface area contributed by atoms with Crippen LogP contribution in [-0.2, 0) is 16.0 Å². The number of carbonyl (C=O) groups excluding carboxylic acids is 2. The van der Waals surface area contributed by atoms with E-state index >= 15 is 0 Å². The molecule has 0 bridgehead atoms. The van der Waals surface area contributed by atoms with Gasteiger partial charge in [0.2, 0.25) is 5.75 Å². The smallest absolute Gasteiger partial charge is 0.203 e. The third kappa shape index (κ3) is 3.98. The Labute approximate surface area is 118 Å². The third-order valence-corrected chi connectivity index (χ3v) is 2.91. The highest BCUT2D eigenvalue weighted by molar-refractivity contribution is 5.97. The summed E-state index contributed by atoms with van der Waals surface area (Å²) in [6.07, 6.45) is 0.774. The monoisotopic (exact) mass is 280 g/mol. The van der Waals surface area contributed by atoms with E-state index in [-0.39, 0.29) is 18.0 Å². The summed E-state index contributed by atoms with van der Waals surface area (Å²) in [5, 5.41) is 0. The Balaban J connectivity index is 2.90. The van der Waals surface area contributed by atoms with Crippen molar-refractivity contribution in [1.29, 1.82) is 0 Å². The van der Waals surface area contributed by atoms with E-state index in [0.717, 1.165) is 5.56 Å².